The first-order valence-corrected chi connectivity index (χ1v) is 7.67. The van der Waals surface area contributed by atoms with Crippen molar-refractivity contribution >= 4 is 12.4 Å². The van der Waals surface area contributed by atoms with Gasteiger partial charge in [0.15, 0.2) is 0 Å². The molecule has 0 radical (unpaired) electrons. The molecule has 0 rings (SSSR count). The third-order valence-electron chi connectivity index (χ3n) is 3.41. The summed E-state index contributed by atoms with van der Waals surface area (Å²) in [6, 6.07) is 0.00793. The number of unbranched alkanes of at least 4 members (excludes halogenated alkanes) is 10. The van der Waals surface area contributed by atoms with Crippen molar-refractivity contribution in [2.24, 2.45) is 5.73 Å². The van der Waals surface area contributed by atoms with Gasteiger partial charge in [-0.15, -0.1) is 12.4 Å². The van der Waals surface area contributed by atoms with Crippen LogP contribution >= 0.6 is 12.4 Å². The maximum absolute atomic E-state index is 8.77. The van der Waals surface area contributed by atoms with Crippen molar-refractivity contribution in [3.63, 3.8) is 0 Å². The number of hydrogen-bond acceptors (Lipinski definition) is 2. The first-order valence-electron chi connectivity index (χ1n) is 7.67. The molecule has 0 saturated carbocycles. The van der Waals surface area contributed by atoms with Gasteiger partial charge < -0.3 is 10.8 Å². The highest BCUT2D eigenvalue weighted by molar-refractivity contribution is 5.85. The van der Waals surface area contributed by atoms with E-state index in [4.69, 9.17) is 10.8 Å². The van der Waals surface area contributed by atoms with Crippen LogP contribution in [0, 0.1) is 0 Å². The lowest BCUT2D eigenvalue weighted by molar-refractivity contribution is 0.257. The molecule has 0 aliphatic heterocycles. The molecule has 0 amide bonds. The first-order chi connectivity index (χ1) is 8.31. The smallest absolute Gasteiger partial charge is 0.0582 e. The molecule has 0 aromatic rings. The van der Waals surface area contributed by atoms with E-state index in [1.54, 1.807) is 0 Å². The van der Waals surface area contributed by atoms with Crippen molar-refractivity contribution in [1.29, 1.82) is 0 Å². The van der Waals surface area contributed by atoms with Crippen LogP contribution in [-0.4, -0.2) is 17.8 Å². The van der Waals surface area contributed by atoms with E-state index in [1.807, 2.05) is 0 Å². The van der Waals surface area contributed by atoms with Crippen LogP contribution in [0.5, 0.6) is 0 Å². The van der Waals surface area contributed by atoms with Crippen molar-refractivity contribution in [3.05, 3.63) is 0 Å². The second-order valence-corrected chi connectivity index (χ2v) is 5.27. The summed E-state index contributed by atoms with van der Waals surface area (Å²) in [6.45, 7) is 2.40. The van der Waals surface area contributed by atoms with E-state index >= 15 is 0 Å². The Bertz CT molecular complexity index is 144. The Balaban J connectivity index is 0. The zero-order valence-corrected chi connectivity index (χ0v) is 13.0. The predicted octanol–water partition coefficient (Wildman–Crippen LogP) is 4.43. The van der Waals surface area contributed by atoms with E-state index in [1.165, 1.54) is 70.6 Å². The second-order valence-electron chi connectivity index (χ2n) is 5.27. The molecular formula is C15H34ClNO. The van der Waals surface area contributed by atoms with Gasteiger partial charge in [0.1, 0.15) is 0 Å². The zero-order valence-electron chi connectivity index (χ0n) is 12.2. The quantitative estimate of drug-likeness (QED) is 0.490. The number of rotatable bonds is 13. The van der Waals surface area contributed by atoms with Crippen LogP contribution < -0.4 is 5.73 Å². The van der Waals surface area contributed by atoms with E-state index < -0.39 is 0 Å². The molecule has 18 heavy (non-hydrogen) atoms. The van der Waals surface area contributed by atoms with Crippen LogP contribution in [0.2, 0.25) is 0 Å². The molecular weight excluding hydrogens is 246 g/mol. The standard InChI is InChI=1S/C15H33NO.ClH/c1-2-3-4-5-6-7-8-9-10-11-12-13-15(16)14-17;/h15,17H,2-14,16H2,1H3;1H. The second kappa shape index (κ2) is 17.2. The highest BCUT2D eigenvalue weighted by Crippen LogP contribution is 2.12. The molecule has 1 unspecified atom stereocenters. The Kier molecular flexibility index (Phi) is 19.6. The molecule has 112 valence electrons. The van der Waals surface area contributed by atoms with Gasteiger partial charge in [-0.05, 0) is 6.42 Å². The maximum atomic E-state index is 8.77. The Hall–Kier alpha value is 0.210. The molecule has 0 aromatic carbocycles. The maximum Gasteiger partial charge on any atom is 0.0582 e. The minimum Gasteiger partial charge on any atom is -0.395 e. The van der Waals surface area contributed by atoms with Gasteiger partial charge in [0.2, 0.25) is 0 Å². The number of aliphatic hydroxyl groups excluding tert-OH is 1. The molecule has 1 atom stereocenters. The van der Waals surface area contributed by atoms with Crippen molar-refractivity contribution < 1.29 is 5.11 Å². The number of nitrogens with two attached hydrogens (primary N) is 1. The highest BCUT2D eigenvalue weighted by Gasteiger charge is 1.99. The molecule has 2 nitrogen and oxygen atoms in total. The summed E-state index contributed by atoms with van der Waals surface area (Å²) in [5.41, 5.74) is 5.64. The van der Waals surface area contributed by atoms with Crippen molar-refractivity contribution in [2.75, 3.05) is 6.61 Å². The van der Waals surface area contributed by atoms with Gasteiger partial charge in [0.05, 0.1) is 6.61 Å². The fourth-order valence-electron chi connectivity index (χ4n) is 2.16. The SMILES string of the molecule is CCCCCCCCCCCCCC(N)CO.Cl. The van der Waals surface area contributed by atoms with Crippen molar-refractivity contribution in [2.45, 2.75) is 90.0 Å². The monoisotopic (exact) mass is 279 g/mol. The molecule has 0 saturated heterocycles. The lowest BCUT2D eigenvalue weighted by Gasteiger charge is -2.07. The van der Waals surface area contributed by atoms with Gasteiger partial charge >= 0.3 is 0 Å². The van der Waals surface area contributed by atoms with Crippen LogP contribution in [0.4, 0.5) is 0 Å². The normalized spacial score (nSPS) is 12.2. The molecule has 0 fully saturated rings. The van der Waals surface area contributed by atoms with Gasteiger partial charge in [0.25, 0.3) is 0 Å². The largest absolute Gasteiger partial charge is 0.395 e. The van der Waals surface area contributed by atoms with Crippen molar-refractivity contribution in [3.8, 4) is 0 Å². The summed E-state index contributed by atoms with van der Waals surface area (Å²) >= 11 is 0. The lowest BCUT2D eigenvalue weighted by atomic mass is 10.0. The Morgan fingerprint density at radius 1 is 0.778 bits per heavy atom. The van der Waals surface area contributed by atoms with E-state index in [-0.39, 0.29) is 25.1 Å². The van der Waals surface area contributed by atoms with E-state index in [0.717, 1.165) is 6.42 Å². The summed E-state index contributed by atoms with van der Waals surface area (Å²) in [6.07, 6.45) is 16.0. The van der Waals surface area contributed by atoms with Crippen LogP contribution in [0.3, 0.4) is 0 Å². The number of aliphatic hydroxyl groups is 1. The summed E-state index contributed by atoms with van der Waals surface area (Å²) in [7, 11) is 0. The van der Waals surface area contributed by atoms with Crippen LogP contribution in [0.25, 0.3) is 0 Å². The Labute approximate surface area is 120 Å². The van der Waals surface area contributed by atoms with Crippen molar-refractivity contribution in [1.82, 2.24) is 0 Å². The minimum absolute atomic E-state index is 0. The van der Waals surface area contributed by atoms with Gasteiger partial charge in [-0.1, -0.05) is 77.6 Å². The molecule has 0 spiro atoms. The van der Waals surface area contributed by atoms with Gasteiger partial charge in [-0.25, -0.2) is 0 Å². The first kappa shape index (κ1) is 20.5. The highest BCUT2D eigenvalue weighted by atomic mass is 35.5. The third-order valence-corrected chi connectivity index (χ3v) is 3.41. The topological polar surface area (TPSA) is 46.2 Å². The molecule has 0 aliphatic rings. The summed E-state index contributed by atoms with van der Waals surface area (Å²) in [5, 5.41) is 8.77. The molecule has 0 aliphatic carbocycles. The fourth-order valence-corrected chi connectivity index (χ4v) is 2.16. The van der Waals surface area contributed by atoms with Gasteiger partial charge in [-0.3, -0.25) is 0 Å². The lowest BCUT2D eigenvalue weighted by Crippen LogP contribution is -2.23. The predicted molar refractivity (Wildman–Crippen MR) is 83.4 cm³/mol. The van der Waals surface area contributed by atoms with E-state index in [9.17, 15) is 0 Å². The van der Waals surface area contributed by atoms with Gasteiger partial charge in [0, 0.05) is 6.04 Å². The molecule has 0 bridgehead atoms. The van der Waals surface area contributed by atoms with E-state index in [2.05, 4.69) is 6.92 Å². The van der Waals surface area contributed by atoms with Crippen LogP contribution in [0.1, 0.15) is 84.0 Å². The van der Waals surface area contributed by atoms with Crippen LogP contribution in [0.15, 0.2) is 0 Å². The molecule has 0 heterocycles. The average Bonchev–Trinajstić information content (AvgIpc) is 2.35. The zero-order chi connectivity index (χ0) is 12.8. The Morgan fingerprint density at radius 3 is 1.56 bits per heavy atom. The molecule has 3 N–H and O–H groups in total. The minimum atomic E-state index is 0. The third kappa shape index (κ3) is 16.2. The average molecular weight is 280 g/mol. The molecule has 0 aromatic heterocycles. The van der Waals surface area contributed by atoms with Gasteiger partial charge in [-0.2, -0.15) is 0 Å². The number of hydrogen-bond donors (Lipinski definition) is 2. The number of halogens is 1. The summed E-state index contributed by atoms with van der Waals surface area (Å²) in [4.78, 5) is 0. The fraction of sp³-hybridized carbons (Fsp3) is 1.00. The summed E-state index contributed by atoms with van der Waals surface area (Å²) < 4.78 is 0. The summed E-state index contributed by atoms with van der Waals surface area (Å²) in [5.74, 6) is 0. The molecule has 3 heteroatoms. The Morgan fingerprint density at radius 2 is 1.17 bits per heavy atom. The van der Waals surface area contributed by atoms with E-state index in [0.29, 0.717) is 0 Å². The van der Waals surface area contributed by atoms with Crippen LogP contribution in [-0.2, 0) is 0 Å².